The minimum atomic E-state index is 0.437. The van der Waals surface area contributed by atoms with Crippen LogP contribution in [0.3, 0.4) is 0 Å². The number of rotatable bonds is 6. The first kappa shape index (κ1) is 16.5. The molecule has 0 aromatic heterocycles. The van der Waals surface area contributed by atoms with Crippen LogP contribution in [0.5, 0.6) is 0 Å². The number of likely N-dealkylation sites (tertiary alicyclic amines) is 1. The van der Waals surface area contributed by atoms with Gasteiger partial charge < -0.3 is 5.32 Å². The molecule has 1 aliphatic rings. The van der Waals surface area contributed by atoms with Gasteiger partial charge in [-0.3, -0.25) is 4.90 Å². The molecule has 2 rings (SSSR count). The lowest BCUT2D eigenvalue weighted by atomic mass is 9.85. The quantitative estimate of drug-likeness (QED) is 0.848. The normalized spacial score (nSPS) is 20.6. The fourth-order valence-electron chi connectivity index (χ4n) is 3.86. The van der Waals surface area contributed by atoms with Crippen LogP contribution >= 0.6 is 0 Å². The molecule has 118 valence electrons. The van der Waals surface area contributed by atoms with Gasteiger partial charge in [0.25, 0.3) is 0 Å². The first-order valence-electron chi connectivity index (χ1n) is 8.63. The van der Waals surface area contributed by atoms with Crippen molar-refractivity contribution in [1.29, 1.82) is 0 Å². The van der Waals surface area contributed by atoms with Crippen molar-refractivity contribution in [2.75, 3.05) is 20.1 Å². The highest BCUT2D eigenvalue weighted by molar-refractivity contribution is 5.20. The zero-order chi connectivity index (χ0) is 15.2. The molecule has 1 aromatic rings. The monoisotopic (exact) mass is 288 g/mol. The van der Waals surface area contributed by atoms with E-state index < -0.39 is 0 Å². The Morgan fingerprint density at radius 2 is 1.76 bits per heavy atom. The van der Waals surface area contributed by atoms with E-state index in [2.05, 4.69) is 68.4 Å². The standard InChI is InChI=1S/C19H32N2/c1-5-18(19(20-4)17-9-7-6-8-10-17)21-13-11-16(12-14-21)15(2)3/h6-10,15-16,18-20H,5,11-14H2,1-4H3. The molecule has 0 amide bonds. The molecule has 1 aliphatic heterocycles. The first-order chi connectivity index (χ1) is 10.2. The maximum absolute atomic E-state index is 3.56. The van der Waals surface area contributed by atoms with Gasteiger partial charge in [-0.15, -0.1) is 0 Å². The molecule has 2 unspecified atom stereocenters. The van der Waals surface area contributed by atoms with Crippen molar-refractivity contribution in [2.24, 2.45) is 11.8 Å². The Morgan fingerprint density at radius 1 is 1.14 bits per heavy atom. The van der Waals surface area contributed by atoms with E-state index in [1.54, 1.807) is 0 Å². The van der Waals surface area contributed by atoms with E-state index in [1.807, 2.05) is 0 Å². The first-order valence-corrected chi connectivity index (χ1v) is 8.63. The van der Waals surface area contributed by atoms with Crippen LogP contribution in [0, 0.1) is 11.8 Å². The van der Waals surface area contributed by atoms with Crippen molar-refractivity contribution < 1.29 is 0 Å². The minimum absolute atomic E-state index is 0.437. The van der Waals surface area contributed by atoms with Crippen LogP contribution in [0.2, 0.25) is 0 Å². The Hall–Kier alpha value is -0.860. The van der Waals surface area contributed by atoms with Crippen LogP contribution in [-0.4, -0.2) is 31.1 Å². The number of likely N-dealkylation sites (N-methyl/N-ethyl adjacent to an activating group) is 1. The lowest BCUT2D eigenvalue weighted by molar-refractivity contribution is 0.0915. The van der Waals surface area contributed by atoms with Gasteiger partial charge in [0.1, 0.15) is 0 Å². The highest BCUT2D eigenvalue weighted by Crippen LogP contribution is 2.30. The van der Waals surface area contributed by atoms with Crippen molar-refractivity contribution in [1.82, 2.24) is 10.2 Å². The number of hydrogen-bond acceptors (Lipinski definition) is 2. The maximum atomic E-state index is 3.56. The average Bonchev–Trinajstić information content (AvgIpc) is 2.53. The second kappa shape index (κ2) is 7.95. The van der Waals surface area contributed by atoms with Gasteiger partial charge >= 0.3 is 0 Å². The summed E-state index contributed by atoms with van der Waals surface area (Å²) in [6, 6.07) is 12.0. The van der Waals surface area contributed by atoms with E-state index in [4.69, 9.17) is 0 Å². The molecular weight excluding hydrogens is 256 g/mol. The van der Waals surface area contributed by atoms with Gasteiger partial charge in [-0.05, 0) is 56.8 Å². The molecule has 1 aromatic carbocycles. The summed E-state index contributed by atoms with van der Waals surface area (Å²) in [5.41, 5.74) is 1.41. The van der Waals surface area contributed by atoms with E-state index in [-0.39, 0.29) is 0 Å². The third kappa shape index (κ3) is 4.08. The molecule has 0 aliphatic carbocycles. The number of benzene rings is 1. The second-order valence-corrected chi connectivity index (χ2v) is 6.77. The SMILES string of the molecule is CCC(C(NC)c1ccccc1)N1CCC(C(C)C)CC1. The molecule has 1 heterocycles. The Bertz CT molecular complexity index is 393. The van der Waals surface area contributed by atoms with Gasteiger partial charge in [-0.1, -0.05) is 51.1 Å². The fraction of sp³-hybridized carbons (Fsp3) is 0.684. The minimum Gasteiger partial charge on any atom is -0.312 e. The molecule has 2 nitrogen and oxygen atoms in total. The van der Waals surface area contributed by atoms with Crippen molar-refractivity contribution in [3.05, 3.63) is 35.9 Å². The molecule has 2 atom stereocenters. The maximum Gasteiger partial charge on any atom is 0.0475 e. The van der Waals surface area contributed by atoms with Crippen molar-refractivity contribution >= 4 is 0 Å². The number of hydrogen-bond donors (Lipinski definition) is 1. The number of nitrogens with zero attached hydrogens (tertiary/aromatic N) is 1. The van der Waals surface area contributed by atoms with Gasteiger partial charge in [0.05, 0.1) is 0 Å². The van der Waals surface area contributed by atoms with Crippen molar-refractivity contribution in [3.63, 3.8) is 0 Å². The largest absolute Gasteiger partial charge is 0.312 e. The van der Waals surface area contributed by atoms with Gasteiger partial charge in [-0.2, -0.15) is 0 Å². The summed E-state index contributed by atoms with van der Waals surface area (Å²) in [5, 5.41) is 3.56. The Morgan fingerprint density at radius 3 is 2.24 bits per heavy atom. The molecule has 21 heavy (non-hydrogen) atoms. The summed E-state index contributed by atoms with van der Waals surface area (Å²) in [7, 11) is 2.10. The Kier molecular flexibility index (Phi) is 6.25. The third-order valence-corrected chi connectivity index (χ3v) is 5.26. The summed E-state index contributed by atoms with van der Waals surface area (Å²) in [6.07, 6.45) is 3.92. The van der Waals surface area contributed by atoms with Crippen LogP contribution in [0.15, 0.2) is 30.3 Å². The Labute approximate surface area is 130 Å². The third-order valence-electron chi connectivity index (χ3n) is 5.26. The van der Waals surface area contributed by atoms with E-state index in [1.165, 1.54) is 37.9 Å². The number of nitrogens with one attached hydrogen (secondary N) is 1. The van der Waals surface area contributed by atoms with E-state index in [0.717, 1.165) is 11.8 Å². The molecule has 2 heteroatoms. The average molecular weight is 288 g/mol. The molecule has 1 N–H and O–H groups in total. The molecule has 1 fully saturated rings. The van der Waals surface area contributed by atoms with Crippen LogP contribution in [0.25, 0.3) is 0 Å². The van der Waals surface area contributed by atoms with Crippen LogP contribution in [0.4, 0.5) is 0 Å². The van der Waals surface area contributed by atoms with Crippen LogP contribution in [0.1, 0.15) is 51.6 Å². The van der Waals surface area contributed by atoms with Crippen LogP contribution in [-0.2, 0) is 0 Å². The molecule has 0 bridgehead atoms. The zero-order valence-electron chi connectivity index (χ0n) is 14.2. The number of piperidine rings is 1. The van der Waals surface area contributed by atoms with Gasteiger partial charge in [0.2, 0.25) is 0 Å². The highest BCUT2D eigenvalue weighted by atomic mass is 15.2. The topological polar surface area (TPSA) is 15.3 Å². The molecule has 0 spiro atoms. The zero-order valence-corrected chi connectivity index (χ0v) is 14.2. The lowest BCUT2D eigenvalue weighted by Crippen LogP contribution is -2.47. The second-order valence-electron chi connectivity index (χ2n) is 6.77. The smallest absolute Gasteiger partial charge is 0.0475 e. The molecule has 0 saturated carbocycles. The summed E-state index contributed by atoms with van der Waals surface area (Å²) in [4.78, 5) is 2.72. The van der Waals surface area contributed by atoms with Gasteiger partial charge in [0, 0.05) is 12.1 Å². The summed E-state index contributed by atoms with van der Waals surface area (Å²) >= 11 is 0. The summed E-state index contributed by atoms with van der Waals surface area (Å²) in [5.74, 6) is 1.75. The molecule has 0 radical (unpaired) electrons. The molecular formula is C19H32N2. The predicted octanol–water partition coefficient (Wildman–Crippen LogP) is 4.09. The van der Waals surface area contributed by atoms with E-state index in [0.29, 0.717) is 12.1 Å². The summed E-state index contributed by atoms with van der Waals surface area (Å²) < 4.78 is 0. The predicted molar refractivity (Wildman–Crippen MR) is 91.5 cm³/mol. The van der Waals surface area contributed by atoms with E-state index >= 15 is 0 Å². The van der Waals surface area contributed by atoms with Gasteiger partial charge in [-0.25, -0.2) is 0 Å². The van der Waals surface area contributed by atoms with E-state index in [9.17, 15) is 0 Å². The summed E-state index contributed by atoms with van der Waals surface area (Å²) in [6.45, 7) is 9.58. The van der Waals surface area contributed by atoms with Gasteiger partial charge in [0.15, 0.2) is 0 Å². The molecule has 1 saturated heterocycles. The Balaban J connectivity index is 2.05. The lowest BCUT2D eigenvalue weighted by Gasteiger charge is -2.42. The van der Waals surface area contributed by atoms with Crippen molar-refractivity contribution in [2.45, 2.75) is 52.1 Å². The van der Waals surface area contributed by atoms with Crippen LogP contribution < -0.4 is 5.32 Å². The highest BCUT2D eigenvalue weighted by Gasteiger charge is 2.30. The fourth-order valence-corrected chi connectivity index (χ4v) is 3.86. The van der Waals surface area contributed by atoms with Crippen molar-refractivity contribution in [3.8, 4) is 0 Å².